The zero-order chi connectivity index (χ0) is 23.9. The number of hydrogen-bond acceptors (Lipinski definition) is 6. The van der Waals surface area contributed by atoms with E-state index in [1.54, 1.807) is 36.4 Å². The predicted molar refractivity (Wildman–Crippen MR) is 128 cm³/mol. The Hall–Kier alpha value is -3.84. The Morgan fingerprint density at radius 1 is 0.882 bits per heavy atom. The number of carbonyl (C=O) groups is 2. The van der Waals surface area contributed by atoms with Crippen LogP contribution in [-0.4, -0.2) is 31.6 Å². The molecule has 2 aliphatic rings. The van der Waals surface area contributed by atoms with Gasteiger partial charge in [-0.2, -0.15) is 0 Å². The molecule has 2 amide bonds. The zero-order valence-corrected chi connectivity index (χ0v) is 19.3. The zero-order valence-electron chi connectivity index (χ0n) is 19.3. The lowest BCUT2D eigenvalue weighted by Crippen LogP contribution is -2.41. The van der Waals surface area contributed by atoms with Gasteiger partial charge in [-0.3, -0.25) is 14.4 Å². The largest absolute Gasteiger partial charge is 0.497 e. The van der Waals surface area contributed by atoms with Gasteiger partial charge in [-0.1, -0.05) is 30.3 Å². The Kier molecular flexibility index (Phi) is 5.49. The molecule has 34 heavy (non-hydrogen) atoms. The van der Waals surface area contributed by atoms with Gasteiger partial charge in [0.1, 0.15) is 16.9 Å². The summed E-state index contributed by atoms with van der Waals surface area (Å²) in [6.45, 7) is 4.25. The Balaban J connectivity index is 1.57. The maximum absolute atomic E-state index is 14.0. The molecule has 2 saturated heterocycles. The van der Waals surface area contributed by atoms with Crippen molar-refractivity contribution in [2.24, 2.45) is 5.41 Å². The number of hydrogen-bond donors (Lipinski definition) is 0. The summed E-state index contributed by atoms with van der Waals surface area (Å²) in [5, 5.41) is 1.69. The number of imide groups is 1. The van der Waals surface area contributed by atoms with Crippen LogP contribution in [-0.2, 0) is 14.4 Å². The van der Waals surface area contributed by atoms with Crippen molar-refractivity contribution in [1.82, 2.24) is 0 Å². The summed E-state index contributed by atoms with van der Waals surface area (Å²) in [6, 6.07) is 23.5. The first kappa shape index (κ1) is 22.0. The molecule has 0 bridgehead atoms. The molecule has 0 unspecified atom stereocenters. The molecule has 0 aromatic heterocycles. The summed E-state index contributed by atoms with van der Waals surface area (Å²) >= 11 is 0. The van der Waals surface area contributed by atoms with E-state index in [4.69, 9.17) is 14.3 Å². The maximum atomic E-state index is 14.0. The Bertz CT molecular complexity index is 1200. The predicted octanol–water partition coefficient (Wildman–Crippen LogP) is 4.54. The topological polar surface area (TPSA) is 68.3 Å². The van der Waals surface area contributed by atoms with Gasteiger partial charge in [0.05, 0.1) is 31.1 Å². The highest BCUT2D eigenvalue weighted by atomic mass is 16.7. The third-order valence-corrected chi connectivity index (χ3v) is 6.52. The summed E-state index contributed by atoms with van der Waals surface area (Å²) in [5.41, 5.74) is 0.981. The number of fused-ring (bicyclic) bond motifs is 1. The van der Waals surface area contributed by atoms with Crippen LogP contribution in [0, 0.1) is 5.41 Å². The maximum Gasteiger partial charge on any atom is 0.266 e. The number of nitrogens with zero attached hydrogens (tertiary/aromatic N) is 2. The van der Waals surface area contributed by atoms with Gasteiger partial charge in [0.2, 0.25) is 5.91 Å². The first-order valence-electron chi connectivity index (χ1n) is 11.2. The molecule has 0 N–H and O–H groups in total. The Morgan fingerprint density at radius 3 is 2.15 bits per heavy atom. The molecule has 5 rings (SSSR count). The van der Waals surface area contributed by atoms with Crippen molar-refractivity contribution in [3.63, 3.8) is 0 Å². The lowest BCUT2D eigenvalue weighted by molar-refractivity contribution is -0.128. The van der Waals surface area contributed by atoms with Crippen LogP contribution in [0.3, 0.4) is 0 Å². The first-order chi connectivity index (χ1) is 16.5. The number of methoxy groups -OCH3 is 1. The van der Waals surface area contributed by atoms with Crippen molar-refractivity contribution in [2.45, 2.75) is 26.0 Å². The quantitative estimate of drug-likeness (QED) is 0.506. The fourth-order valence-electron chi connectivity index (χ4n) is 4.82. The van der Waals surface area contributed by atoms with E-state index in [1.807, 2.05) is 68.4 Å². The highest BCUT2D eigenvalue weighted by Crippen LogP contribution is 2.55. The smallest absolute Gasteiger partial charge is 0.266 e. The highest BCUT2D eigenvalue weighted by molar-refractivity contribution is 6.25. The molecule has 0 spiro atoms. The van der Waals surface area contributed by atoms with Crippen LogP contribution < -0.4 is 19.4 Å². The lowest BCUT2D eigenvalue weighted by Gasteiger charge is -2.32. The van der Waals surface area contributed by atoms with Crippen LogP contribution in [0.5, 0.6) is 11.5 Å². The van der Waals surface area contributed by atoms with E-state index in [2.05, 4.69) is 0 Å². The van der Waals surface area contributed by atoms with Gasteiger partial charge in [-0.15, -0.1) is 0 Å². The molecule has 7 heteroatoms. The van der Waals surface area contributed by atoms with E-state index in [0.717, 1.165) is 11.3 Å². The van der Waals surface area contributed by atoms with Crippen LogP contribution >= 0.6 is 0 Å². The molecular formula is C27H26N2O5. The van der Waals surface area contributed by atoms with Crippen LogP contribution in [0.4, 0.5) is 11.4 Å². The minimum absolute atomic E-state index is 0.300. The van der Waals surface area contributed by atoms with Crippen molar-refractivity contribution in [3.8, 4) is 11.5 Å². The van der Waals surface area contributed by atoms with Crippen molar-refractivity contribution >= 4 is 23.2 Å². The molecule has 3 atom stereocenters. The Labute approximate surface area is 198 Å². The van der Waals surface area contributed by atoms with E-state index in [0.29, 0.717) is 23.8 Å². The van der Waals surface area contributed by atoms with Crippen molar-refractivity contribution in [1.29, 1.82) is 0 Å². The molecule has 2 aliphatic heterocycles. The van der Waals surface area contributed by atoms with E-state index in [-0.39, 0.29) is 11.8 Å². The summed E-state index contributed by atoms with van der Waals surface area (Å²) in [7, 11) is 1.61. The van der Waals surface area contributed by atoms with Crippen LogP contribution in [0.2, 0.25) is 0 Å². The van der Waals surface area contributed by atoms with E-state index < -0.39 is 17.6 Å². The summed E-state index contributed by atoms with van der Waals surface area (Å²) in [4.78, 5) is 35.0. The molecule has 2 fully saturated rings. The van der Waals surface area contributed by atoms with Crippen LogP contribution in [0.25, 0.3) is 0 Å². The molecule has 3 aromatic rings. The number of anilines is 2. The molecule has 7 nitrogen and oxygen atoms in total. The third kappa shape index (κ3) is 3.31. The first-order valence-corrected chi connectivity index (χ1v) is 11.2. The standard InChI is InChI=1S/C27H26N2O5/c1-4-33-22-16-12-19(13-17-22)28-25(30)24-27(2,26(28)31)23(18-10-14-21(32-3)15-11-18)29(34-24)20-8-6-5-7-9-20/h5-17,23-24H,4H2,1-3H3/t23-,24+,27+/m0/s1. The molecule has 0 aliphatic carbocycles. The average Bonchev–Trinajstić information content (AvgIpc) is 3.28. The summed E-state index contributed by atoms with van der Waals surface area (Å²) in [6.07, 6.45) is -0.959. The number of ether oxygens (including phenoxy) is 2. The van der Waals surface area contributed by atoms with Gasteiger partial charge < -0.3 is 9.47 Å². The fraction of sp³-hybridized carbons (Fsp3) is 0.259. The minimum Gasteiger partial charge on any atom is -0.497 e. The van der Waals surface area contributed by atoms with Gasteiger partial charge in [0.25, 0.3) is 5.91 Å². The van der Waals surface area contributed by atoms with Gasteiger partial charge in [0, 0.05) is 0 Å². The second-order valence-electron chi connectivity index (χ2n) is 8.51. The summed E-state index contributed by atoms with van der Waals surface area (Å²) in [5.74, 6) is 0.708. The second-order valence-corrected chi connectivity index (χ2v) is 8.51. The second kappa shape index (κ2) is 8.50. The summed E-state index contributed by atoms with van der Waals surface area (Å²) < 4.78 is 10.8. The number of hydroxylamine groups is 1. The normalized spacial score (nSPS) is 23.9. The Morgan fingerprint density at radius 2 is 1.53 bits per heavy atom. The van der Waals surface area contributed by atoms with Crippen LogP contribution in [0.15, 0.2) is 78.9 Å². The molecule has 3 aromatic carbocycles. The van der Waals surface area contributed by atoms with E-state index in [9.17, 15) is 9.59 Å². The third-order valence-electron chi connectivity index (χ3n) is 6.52. The lowest BCUT2D eigenvalue weighted by atomic mass is 9.76. The van der Waals surface area contributed by atoms with E-state index in [1.165, 1.54) is 4.90 Å². The highest BCUT2D eigenvalue weighted by Gasteiger charge is 2.68. The molecule has 174 valence electrons. The number of carbonyl (C=O) groups excluding carboxylic acids is 2. The van der Waals surface area contributed by atoms with E-state index >= 15 is 0 Å². The average molecular weight is 459 g/mol. The minimum atomic E-state index is -1.14. The van der Waals surface area contributed by atoms with Crippen molar-refractivity contribution in [2.75, 3.05) is 23.7 Å². The number of rotatable bonds is 6. The van der Waals surface area contributed by atoms with Gasteiger partial charge in [-0.25, -0.2) is 9.96 Å². The molecule has 0 radical (unpaired) electrons. The van der Waals surface area contributed by atoms with Crippen molar-refractivity contribution in [3.05, 3.63) is 84.4 Å². The van der Waals surface area contributed by atoms with Crippen LogP contribution in [0.1, 0.15) is 25.5 Å². The fourth-order valence-corrected chi connectivity index (χ4v) is 4.82. The van der Waals surface area contributed by atoms with Gasteiger partial charge >= 0.3 is 0 Å². The number of para-hydroxylation sites is 1. The number of amides is 2. The van der Waals surface area contributed by atoms with Crippen molar-refractivity contribution < 1.29 is 23.9 Å². The molecular weight excluding hydrogens is 432 g/mol. The van der Waals surface area contributed by atoms with Gasteiger partial charge in [-0.05, 0) is 67.9 Å². The monoisotopic (exact) mass is 458 g/mol. The SMILES string of the molecule is CCOc1ccc(N2C(=O)[C@H]3ON(c4ccccc4)[C@@H](c4ccc(OC)cc4)[C@@]3(C)C2=O)cc1. The number of benzene rings is 3. The molecule has 2 heterocycles. The molecule has 0 saturated carbocycles. The van der Waals surface area contributed by atoms with Gasteiger partial charge in [0.15, 0.2) is 6.10 Å².